The lowest BCUT2D eigenvalue weighted by Gasteiger charge is -2.27. The maximum atomic E-state index is 13.3. The Balaban J connectivity index is 1.58. The highest BCUT2D eigenvalue weighted by Gasteiger charge is 2.30. The standard InChI is InChI=1S/C21H22F2N2O4S/c22-21(23)29-14-7-5-13(6-8-14)18(26)24-19-17(15-3-1-2-4-16(15)30-19)20(27)25-9-11-28-12-10-25/h5-8,21H,1-4,9-12H2,(H,24,26). The Morgan fingerprint density at radius 2 is 1.80 bits per heavy atom. The number of rotatable bonds is 5. The van der Waals surface area contributed by atoms with Crippen molar-refractivity contribution in [3.05, 3.63) is 45.8 Å². The molecule has 0 radical (unpaired) electrons. The van der Waals surface area contributed by atoms with Gasteiger partial charge in [0, 0.05) is 23.5 Å². The third-order valence-corrected chi connectivity index (χ3v) is 6.46. The molecule has 0 spiro atoms. The maximum absolute atomic E-state index is 13.3. The zero-order valence-corrected chi connectivity index (χ0v) is 17.1. The highest BCUT2D eigenvalue weighted by atomic mass is 32.1. The molecular weight excluding hydrogens is 414 g/mol. The number of fused-ring (bicyclic) bond motifs is 1. The number of anilines is 1. The molecule has 30 heavy (non-hydrogen) atoms. The molecule has 1 aliphatic carbocycles. The van der Waals surface area contributed by atoms with E-state index in [1.165, 1.54) is 35.6 Å². The molecule has 4 rings (SSSR count). The summed E-state index contributed by atoms with van der Waals surface area (Å²) in [6.07, 6.45) is 3.81. The molecule has 2 aromatic rings. The number of morpholine rings is 1. The van der Waals surface area contributed by atoms with E-state index < -0.39 is 12.5 Å². The zero-order chi connectivity index (χ0) is 21.1. The van der Waals surface area contributed by atoms with Gasteiger partial charge in [0.2, 0.25) is 0 Å². The number of benzene rings is 1. The van der Waals surface area contributed by atoms with Crippen molar-refractivity contribution in [2.45, 2.75) is 32.3 Å². The average Bonchev–Trinajstić information content (AvgIpc) is 3.11. The monoisotopic (exact) mass is 436 g/mol. The number of ether oxygens (including phenoxy) is 2. The summed E-state index contributed by atoms with van der Waals surface area (Å²) < 4.78 is 34.3. The second kappa shape index (κ2) is 9.09. The summed E-state index contributed by atoms with van der Waals surface area (Å²) in [5.74, 6) is -0.488. The molecular formula is C21H22F2N2O4S. The molecule has 1 aliphatic heterocycles. The summed E-state index contributed by atoms with van der Waals surface area (Å²) in [7, 11) is 0. The van der Waals surface area contributed by atoms with Crippen molar-refractivity contribution in [3.63, 3.8) is 0 Å². The summed E-state index contributed by atoms with van der Waals surface area (Å²) >= 11 is 1.45. The number of aryl methyl sites for hydroxylation is 1. The lowest BCUT2D eigenvalue weighted by Crippen LogP contribution is -2.41. The number of nitrogens with zero attached hydrogens (tertiary/aromatic N) is 1. The fourth-order valence-corrected chi connectivity index (χ4v) is 5.04. The molecule has 2 heterocycles. The first kappa shape index (κ1) is 20.7. The van der Waals surface area contributed by atoms with Crippen molar-refractivity contribution in [2.75, 3.05) is 31.6 Å². The molecule has 1 aromatic carbocycles. The molecule has 2 aliphatic rings. The van der Waals surface area contributed by atoms with Crippen molar-refractivity contribution >= 4 is 28.2 Å². The first-order valence-electron chi connectivity index (χ1n) is 9.90. The summed E-state index contributed by atoms with van der Waals surface area (Å²) in [6.45, 7) is -0.847. The Morgan fingerprint density at radius 3 is 2.50 bits per heavy atom. The predicted molar refractivity (Wildman–Crippen MR) is 109 cm³/mol. The quantitative estimate of drug-likeness (QED) is 0.771. The van der Waals surface area contributed by atoms with Gasteiger partial charge in [0.1, 0.15) is 10.8 Å². The molecule has 0 saturated carbocycles. The van der Waals surface area contributed by atoms with E-state index in [-0.39, 0.29) is 11.7 Å². The van der Waals surface area contributed by atoms with Gasteiger partial charge in [-0.1, -0.05) is 0 Å². The van der Waals surface area contributed by atoms with Gasteiger partial charge in [-0.2, -0.15) is 8.78 Å². The highest BCUT2D eigenvalue weighted by Crippen LogP contribution is 2.39. The minimum atomic E-state index is -2.92. The third-order valence-electron chi connectivity index (χ3n) is 5.25. The van der Waals surface area contributed by atoms with Gasteiger partial charge in [-0.15, -0.1) is 11.3 Å². The third kappa shape index (κ3) is 4.46. The minimum absolute atomic E-state index is 0.0173. The van der Waals surface area contributed by atoms with Gasteiger partial charge in [0.15, 0.2) is 0 Å². The molecule has 0 atom stereocenters. The van der Waals surface area contributed by atoms with Gasteiger partial charge in [-0.3, -0.25) is 9.59 Å². The first-order valence-corrected chi connectivity index (χ1v) is 10.7. The Morgan fingerprint density at radius 1 is 1.10 bits per heavy atom. The molecule has 0 bridgehead atoms. The maximum Gasteiger partial charge on any atom is 0.387 e. The number of nitrogens with one attached hydrogen (secondary N) is 1. The number of thiophene rings is 1. The molecule has 1 aromatic heterocycles. The minimum Gasteiger partial charge on any atom is -0.435 e. The van der Waals surface area contributed by atoms with Crippen LogP contribution in [0.4, 0.5) is 13.8 Å². The number of carbonyl (C=O) groups is 2. The van der Waals surface area contributed by atoms with Crippen molar-refractivity contribution in [3.8, 4) is 5.75 Å². The van der Waals surface area contributed by atoms with Crippen molar-refractivity contribution < 1.29 is 27.8 Å². The molecule has 1 saturated heterocycles. The first-order chi connectivity index (χ1) is 14.5. The fourth-order valence-electron chi connectivity index (χ4n) is 3.77. The number of hydrogen-bond acceptors (Lipinski definition) is 5. The van der Waals surface area contributed by atoms with E-state index in [1.807, 2.05) is 0 Å². The second-order valence-electron chi connectivity index (χ2n) is 7.18. The van der Waals surface area contributed by atoms with Crippen LogP contribution in [0.3, 0.4) is 0 Å². The van der Waals surface area contributed by atoms with Crippen LogP contribution in [0.1, 0.15) is 44.0 Å². The molecule has 2 amide bonds. The van der Waals surface area contributed by atoms with E-state index in [0.29, 0.717) is 42.4 Å². The normalized spacial score (nSPS) is 16.3. The molecule has 6 nitrogen and oxygen atoms in total. The van der Waals surface area contributed by atoms with Crippen LogP contribution in [0, 0.1) is 0 Å². The SMILES string of the molecule is O=C(Nc1sc2c(c1C(=O)N1CCOCC1)CCCC2)c1ccc(OC(F)F)cc1. The molecule has 1 fully saturated rings. The van der Waals surface area contributed by atoms with Gasteiger partial charge < -0.3 is 19.7 Å². The zero-order valence-electron chi connectivity index (χ0n) is 16.3. The van der Waals surface area contributed by atoms with E-state index in [4.69, 9.17) is 4.74 Å². The molecule has 160 valence electrons. The van der Waals surface area contributed by atoms with Crippen LogP contribution in [0.15, 0.2) is 24.3 Å². The largest absolute Gasteiger partial charge is 0.435 e. The number of alkyl halides is 2. The Hall–Kier alpha value is -2.52. The Kier molecular flexibility index (Phi) is 6.29. The highest BCUT2D eigenvalue weighted by molar-refractivity contribution is 7.17. The van der Waals surface area contributed by atoms with E-state index in [2.05, 4.69) is 10.1 Å². The molecule has 9 heteroatoms. The lowest BCUT2D eigenvalue weighted by molar-refractivity contribution is -0.0498. The number of halogens is 2. The van der Waals surface area contributed by atoms with Gasteiger partial charge >= 0.3 is 6.61 Å². The Labute approximate surface area is 176 Å². The topological polar surface area (TPSA) is 67.9 Å². The lowest BCUT2D eigenvalue weighted by atomic mass is 9.95. The summed E-state index contributed by atoms with van der Waals surface area (Å²) in [5.41, 5.74) is 1.93. The van der Waals surface area contributed by atoms with Gasteiger partial charge in [-0.05, 0) is 55.5 Å². The summed E-state index contributed by atoms with van der Waals surface area (Å²) in [6, 6.07) is 5.48. The average molecular weight is 436 g/mol. The van der Waals surface area contributed by atoms with Gasteiger partial charge in [0.05, 0.1) is 18.8 Å². The van der Waals surface area contributed by atoms with Crippen LogP contribution in [0.25, 0.3) is 0 Å². The van der Waals surface area contributed by atoms with Crippen molar-refractivity contribution in [2.24, 2.45) is 0 Å². The van der Waals surface area contributed by atoms with Crippen molar-refractivity contribution in [1.29, 1.82) is 0 Å². The van der Waals surface area contributed by atoms with Crippen LogP contribution < -0.4 is 10.1 Å². The predicted octanol–water partition coefficient (Wildman–Crippen LogP) is 3.95. The molecule has 1 N–H and O–H groups in total. The van der Waals surface area contributed by atoms with E-state index in [1.54, 1.807) is 4.90 Å². The molecule has 0 unspecified atom stereocenters. The van der Waals surface area contributed by atoms with Gasteiger partial charge in [0.25, 0.3) is 11.8 Å². The van der Waals surface area contributed by atoms with Crippen LogP contribution in [0.5, 0.6) is 5.75 Å². The van der Waals surface area contributed by atoms with E-state index >= 15 is 0 Å². The van der Waals surface area contributed by atoms with Crippen LogP contribution in [-0.4, -0.2) is 49.6 Å². The second-order valence-corrected chi connectivity index (χ2v) is 8.28. The van der Waals surface area contributed by atoms with Crippen LogP contribution in [0.2, 0.25) is 0 Å². The number of amides is 2. The fraction of sp³-hybridized carbons (Fsp3) is 0.429. The van der Waals surface area contributed by atoms with Crippen molar-refractivity contribution in [1.82, 2.24) is 4.90 Å². The Bertz CT molecular complexity index is 924. The van der Waals surface area contributed by atoms with E-state index in [9.17, 15) is 18.4 Å². The smallest absolute Gasteiger partial charge is 0.387 e. The number of hydrogen-bond donors (Lipinski definition) is 1. The van der Waals surface area contributed by atoms with Gasteiger partial charge in [-0.25, -0.2) is 0 Å². The van der Waals surface area contributed by atoms with Crippen LogP contribution >= 0.6 is 11.3 Å². The van der Waals surface area contributed by atoms with E-state index in [0.717, 1.165) is 36.1 Å². The summed E-state index contributed by atoms with van der Waals surface area (Å²) in [5, 5.41) is 3.43. The van der Waals surface area contributed by atoms with Crippen LogP contribution in [-0.2, 0) is 17.6 Å². The number of carbonyl (C=O) groups excluding carboxylic acids is 2. The summed E-state index contributed by atoms with van der Waals surface area (Å²) in [4.78, 5) is 28.9.